The maximum Gasteiger partial charge on any atom is 0.0858 e. The summed E-state index contributed by atoms with van der Waals surface area (Å²) in [4.78, 5) is 2.52. The van der Waals surface area contributed by atoms with E-state index < -0.39 is 0 Å². The van der Waals surface area contributed by atoms with Crippen molar-refractivity contribution in [3.05, 3.63) is 53.9 Å². The summed E-state index contributed by atoms with van der Waals surface area (Å²) < 4.78 is 2.12. The highest BCUT2D eigenvalue weighted by molar-refractivity contribution is 5.48. The summed E-state index contributed by atoms with van der Waals surface area (Å²) in [6, 6.07) is 11.0. The van der Waals surface area contributed by atoms with Gasteiger partial charge in [0.15, 0.2) is 0 Å². The van der Waals surface area contributed by atoms with E-state index >= 15 is 0 Å². The van der Waals surface area contributed by atoms with Crippen LogP contribution in [0, 0.1) is 0 Å². The number of rotatable bonds is 5. The zero-order valence-electron chi connectivity index (χ0n) is 13.5. The molecule has 0 unspecified atom stereocenters. The second-order valence-corrected chi connectivity index (χ2v) is 6.74. The molecule has 4 rings (SSSR count). The van der Waals surface area contributed by atoms with Crippen molar-refractivity contribution >= 4 is 6.08 Å². The van der Waals surface area contributed by atoms with E-state index in [2.05, 4.69) is 68.6 Å². The molecule has 1 aromatic heterocycles. The summed E-state index contributed by atoms with van der Waals surface area (Å²) in [6.07, 6.45) is 11.6. The highest BCUT2D eigenvalue weighted by atomic mass is 15.4. The summed E-state index contributed by atoms with van der Waals surface area (Å²) in [7, 11) is 0. The molecule has 0 amide bonds. The third-order valence-corrected chi connectivity index (χ3v) is 4.93. The quantitative estimate of drug-likeness (QED) is 0.847. The van der Waals surface area contributed by atoms with E-state index in [1.165, 1.54) is 36.9 Å². The second kappa shape index (κ2) is 6.67. The van der Waals surface area contributed by atoms with Crippen molar-refractivity contribution in [3.63, 3.8) is 0 Å². The normalized spacial score (nSPS) is 20.3. The molecular weight excluding hydrogens is 284 g/mol. The molecule has 0 radical (unpaired) electrons. The number of likely N-dealkylation sites (tertiary alicyclic amines) is 1. The van der Waals surface area contributed by atoms with Crippen molar-refractivity contribution in [2.75, 3.05) is 19.6 Å². The van der Waals surface area contributed by atoms with E-state index in [-0.39, 0.29) is 0 Å². The first-order chi connectivity index (χ1) is 11.4. The highest BCUT2D eigenvalue weighted by Crippen LogP contribution is 2.39. The van der Waals surface area contributed by atoms with Gasteiger partial charge in [0, 0.05) is 31.7 Å². The van der Waals surface area contributed by atoms with E-state index in [0.717, 1.165) is 19.6 Å². The van der Waals surface area contributed by atoms with Gasteiger partial charge in [0.2, 0.25) is 0 Å². The maximum atomic E-state index is 4.36. The Morgan fingerprint density at radius 3 is 2.57 bits per heavy atom. The van der Waals surface area contributed by atoms with Gasteiger partial charge >= 0.3 is 0 Å². The van der Waals surface area contributed by atoms with E-state index in [9.17, 15) is 0 Å². The van der Waals surface area contributed by atoms with E-state index in [4.69, 9.17) is 0 Å². The molecule has 2 heterocycles. The molecule has 1 aromatic carbocycles. The van der Waals surface area contributed by atoms with Gasteiger partial charge < -0.3 is 0 Å². The lowest BCUT2D eigenvalue weighted by atomic mass is 10.1. The molecule has 0 spiro atoms. The molecule has 4 heteroatoms. The van der Waals surface area contributed by atoms with Gasteiger partial charge in [0.25, 0.3) is 0 Å². The van der Waals surface area contributed by atoms with Crippen LogP contribution in [0.3, 0.4) is 0 Å². The first-order valence-corrected chi connectivity index (χ1v) is 8.74. The fourth-order valence-corrected chi connectivity index (χ4v) is 3.30. The van der Waals surface area contributed by atoms with Gasteiger partial charge in [-0.2, -0.15) is 0 Å². The second-order valence-electron chi connectivity index (χ2n) is 6.74. The van der Waals surface area contributed by atoms with Crippen molar-refractivity contribution in [2.24, 2.45) is 0 Å². The van der Waals surface area contributed by atoms with E-state index in [1.54, 1.807) is 0 Å². The first kappa shape index (κ1) is 14.6. The predicted molar refractivity (Wildman–Crippen MR) is 92.2 cm³/mol. The molecule has 2 aliphatic rings. The van der Waals surface area contributed by atoms with E-state index in [0.29, 0.717) is 12.0 Å². The number of benzene rings is 1. The van der Waals surface area contributed by atoms with Crippen LogP contribution in [-0.4, -0.2) is 39.5 Å². The molecule has 2 fully saturated rings. The van der Waals surface area contributed by atoms with Gasteiger partial charge in [-0.1, -0.05) is 47.7 Å². The van der Waals surface area contributed by atoms with Crippen LogP contribution < -0.4 is 0 Å². The standard InChI is InChI=1S/C19H24N4/c1-2-5-16(6-3-1)7-4-12-22-13-10-18(11-14-22)23-15-19(20-21-23)17-8-9-17/h1-7,15,17-18H,8-14H2. The molecule has 23 heavy (non-hydrogen) atoms. The topological polar surface area (TPSA) is 34.0 Å². The minimum absolute atomic E-state index is 0.532. The SMILES string of the molecule is C(=Cc1ccccc1)CN1CCC(n2cc(C3CC3)nn2)CC1. The van der Waals surface area contributed by atoms with E-state index in [1.807, 2.05) is 0 Å². The van der Waals surface area contributed by atoms with Gasteiger partial charge in [0.1, 0.15) is 0 Å². The first-order valence-electron chi connectivity index (χ1n) is 8.74. The summed E-state index contributed by atoms with van der Waals surface area (Å²) in [5.74, 6) is 0.701. The smallest absolute Gasteiger partial charge is 0.0858 e. The molecule has 1 saturated carbocycles. The number of aromatic nitrogens is 3. The zero-order valence-corrected chi connectivity index (χ0v) is 13.5. The highest BCUT2D eigenvalue weighted by Gasteiger charge is 2.28. The Morgan fingerprint density at radius 1 is 1.04 bits per heavy atom. The zero-order chi connectivity index (χ0) is 15.5. The molecule has 1 aliphatic carbocycles. The molecule has 1 aliphatic heterocycles. The largest absolute Gasteiger partial charge is 0.300 e. The van der Waals surface area contributed by atoms with Gasteiger partial charge in [-0.25, -0.2) is 4.68 Å². The Hall–Kier alpha value is -1.94. The van der Waals surface area contributed by atoms with Crippen LogP contribution in [0.5, 0.6) is 0 Å². The number of hydrogen-bond donors (Lipinski definition) is 0. The average Bonchev–Trinajstić information content (AvgIpc) is 3.34. The Kier molecular flexibility index (Phi) is 4.24. The fraction of sp³-hybridized carbons (Fsp3) is 0.474. The number of hydrogen-bond acceptors (Lipinski definition) is 3. The Bertz CT molecular complexity index is 649. The van der Waals surface area contributed by atoms with Gasteiger partial charge in [0.05, 0.1) is 11.7 Å². The van der Waals surface area contributed by atoms with Crippen LogP contribution in [0.1, 0.15) is 48.9 Å². The molecule has 2 aromatic rings. The van der Waals surface area contributed by atoms with Crippen molar-refractivity contribution in [3.8, 4) is 0 Å². The molecule has 120 valence electrons. The monoisotopic (exact) mass is 308 g/mol. The predicted octanol–water partition coefficient (Wildman–Crippen LogP) is 3.51. The van der Waals surface area contributed by atoms with Crippen molar-refractivity contribution < 1.29 is 0 Å². The lowest BCUT2D eigenvalue weighted by Gasteiger charge is -2.30. The van der Waals surface area contributed by atoms with Gasteiger partial charge in [-0.15, -0.1) is 5.10 Å². The average molecular weight is 308 g/mol. The van der Waals surface area contributed by atoms with Crippen molar-refractivity contribution in [1.29, 1.82) is 0 Å². The van der Waals surface area contributed by atoms with Crippen LogP contribution in [0.2, 0.25) is 0 Å². The molecule has 0 atom stereocenters. The molecule has 0 N–H and O–H groups in total. The van der Waals surface area contributed by atoms with Crippen LogP contribution in [0.15, 0.2) is 42.6 Å². The number of nitrogens with zero attached hydrogens (tertiary/aromatic N) is 4. The van der Waals surface area contributed by atoms with Gasteiger partial charge in [-0.3, -0.25) is 4.90 Å². The lowest BCUT2D eigenvalue weighted by molar-refractivity contribution is 0.194. The van der Waals surface area contributed by atoms with Crippen LogP contribution in [0.4, 0.5) is 0 Å². The molecule has 4 nitrogen and oxygen atoms in total. The van der Waals surface area contributed by atoms with Crippen LogP contribution in [0.25, 0.3) is 6.08 Å². The minimum atomic E-state index is 0.532. The Labute approximate surface area is 137 Å². The summed E-state index contributed by atoms with van der Waals surface area (Å²) >= 11 is 0. The molecule has 0 bridgehead atoms. The van der Waals surface area contributed by atoms with Crippen LogP contribution >= 0.6 is 0 Å². The third kappa shape index (κ3) is 3.70. The fourth-order valence-electron chi connectivity index (χ4n) is 3.30. The summed E-state index contributed by atoms with van der Waals surface area (Å²) in [5.41, 5.74) is 2.48. The van der Waals surface area contributed by atoms with Crippen molar-refractivity contribution in [2.45, 2.75) is 37.6 Å². The minimum Gasteiger partial charge on any atom is -0.300 e. The third-order valence-electron chi connectivity index (χ3n) is 4.93. The molecular formula is C19H24N4. The summed E-state index contributed by atoms with van der Waals surface area (Å²) in [5, 5.41) is 8.71. The van der Waals surface area contributed by atoms with Crippen molar-refractivity contribution in [1.82, 2.24) is 19.9 Å². The Balaban J connectivity index is 1.26. The summed E-state index contributed by atoms with van der Waals surface area (Å²) in [6.45, 7) is 3.32. The van der Waals surface area contributed by atoms with Gasteiger partial charge in [-0.05, 0) is 31.2 Å². The number of piperidine rings is 1. The Morgan fingerprint density at radius 2 is 1.83 bits per heavy atom. The molecule has 1 saturated heterocycles. The lowest BCUT2D eigenvalue weighted by Crippen LogP contribution is -2.34. The maximum absolute atomic E-state index is 4.36. The van der Waals surface area contributed by atoms with Crippen LogP contribution in [-0.2, 0) is 0 Å².